The van der Waals surface area contributed by atoms with E-state index in [-0.39, 0.29) is 11.8 Å². The Hall–Kier alpha value is -2.19. The van der Waals surface area contributed by atoms with E-state index in [1.54, 1.807) is 0 Å². The molecular formula is C19H26N4O3S. The number of nitrogens with zero attached hydrogens (tertiary/aromatic N) is 3. The van der Waals surface area contributed by atoms with Gasteiger partial charge >= 0.3 is 0 Å². The van der Waals surface area contributed by atoms with Crippen LogP contribution in [0.3, 0.4) is 0 Å². The Labute approximate surface area is 160 Å². The summed E-state index contributed by atoms with van der Waals surface area (Å²) in [6.07, 6.45) is 2.28. The van der Waals surface area contributed by atoms with E-state index in [0.29, 0.717) is 32.5 Å². The summed E-state index contributed by atoms with van der Waals surface area (Å²) in [5, 5.41) is 7.58. The number of carbonyl (C=O) groups is 1. The first-order chi connectivity index (χ1) is 12.8. The lowest BCUT2D eigenvalue weighted by Gasteiger charge is -2.29. The number of hydrogen-bond donors (Lipinski definition) is 1. The second-order valence-electron chi connectivity index (χ2n) is 7.11. The van der Waals surface area contributed by atoms with E-state index in [0.717, 1.165) is 22.6 Å². The summed E-state index contributed by atoms with van der Waals surface area (Å²) >= 11 is 0. The molecule has 0 aliphatic carbocycles. The molecule has 0 spiro atoms. The lowest BCUT2D eigenvalue weighted by Crippen LogP contribution is -2.41. The zero-order valence-corrected chi connectivity index (χ0v) is 16.8. The molecule has 1 N–H and O–H groups in total. The van der Waals surface area contributed by atoms with Gasteiger partial charge in [0.2, 0.25) is 15.9 Å². The molecule has 1 fully saturated rings. The van der Waals surface area contributed by atoms with Crippen LogP contribution in [0.15, 0.2) is 30.3 Å². The highest BCUT2D eigenvalue weighted by Crippen LogP contribution is 2.24. The minimum absolute atomic E-state index is 0.0615. The van der Waals surface area contributed by atoms with E-state index >= 15 is 0 Å². The Morgan fingerprint density at radius 2 is 1.81 bits per heavy atom. The predicted molar refractivity (Wildman–Crippen MR) is 105 cm³/mol. The van der Waals surface area contributed by atoms with Gasteiger partial charge in [0.1, 0.15) is 0 Å². The summed E-state index contributed by atoms with van der Waals surface area (Å²) < 4.78 is 26.6. The van der Waals surface area contributed by atoms with Crippen LogP contribution in [0.25, 0.3) is 0 Å². The second kappa shape index (κ2) is 7.82. The maximum atomic E-state index is 12.7. The molecule has 0 unspecified atom stereocenters. The van der Waals surface area contributed by atoms with Crippen molar-refractivity contribution in [3.8, 4) is 0 Å². The molecule has 1 aromatic carbocycles. The molecule has 1 aromatic heterocycles. The molecular weight excluding hydrogens is 364 g/mol. The maximum Gasteiger partial charge on any atom is 0.227 e. The van der Waals surface area contributed by atoms with Gasteiger partial charge in [-0.25, -0.2) is 12.7 Å². The quantitative estimate of drug-likeness (QED) is 0.848. The summed E-state index contributed by atoms with van der Waals surface area (Å²) in [5.41, 5.74) is 3.60. The zero-order valence-electron chi connectivity index (χ0n) is 16.0. The van der Waals surface area contributed by atoms with Crippen molar-refractivity contribution in [3.05, 3.63) is 47.3 Å². The molecule has 0 atom stereocenters. The molecule has 7 nitrogen and oxygen atoms in total. The fourth-order valence-corrected chi connectivity index (χ4v) is 4.34. The first kappa shape index (κ1) is 19.6. The molecule has 1 aliphatic rings. The number of anilines is 1. The number of benzene rings is 1. The Balaban J connectivity index is 1.66. The van der Waals surface area contributed by atoms with Crippen LogP contribution in [0.5, 0.6) is 0 Å². The molecule has 1 saturated heterocycles. The number of sulfonamides is 1. The molecule has 0 bridgehead atoms. The van der Waals surface area contributed by atoms with Crippen LogP contribution in [-0.4, -0.2) is 47.8 Å². The molecule has 1 aliphatic heterocycles. The third-order valence-corrected chi connectivity index (χ3v) is 6.40. The number of carbonyl (C=O) groups excluding carboxylic acids is 1. The van der Waals surface area contributed by atoms with Crippen molar-refractivity contribution < 1.29 is 13.2 Å². The highest BCUT2D eigenvalue weighted by molar-refractivity contribution is 7.88. The van der Waals surface area contributed by atoms with E-state index in [4.69, 9.17) is 0 Å². The molecule has 1 amide bonds. The number of piperidine rings is 1. The summed E-state index contributed by atoms with van der Waals surface area (Å²) in [6.45, 7) is 5.27. The summed E-state index contributed by atoms with van der Waals surface area (Å²) in [6, 6.07) is 10.1. The van der Waals surface area contributed by atoms with Crippen LogP contribution in [0.4, 0.5) is 5.69 Å². The highest BCUT2D eigenvalue weighted by Gasteiger charge is 2.29. The number of aromatic nitrogens is 2. The van der Waals surface area contributed by atoms with E-state index in [2.05, 4.69) is 10.4 Å². The molecule has 3 rings (SSSR count). The van der Waals surface area contributed by atoms with Gasteiger partial charge in [-0.1, -0.05) is 30.3 Å². The molecule has 0 radical (unpaired) electrons. The third-order valence-electron chi connectivity index (χ3n) is 5.10. The van der Waals surface area contributed by atoms with Gasteiger partial charge in [-0.2, -0.15) is 5.10 Å². The Morgan fingerprint density at radius 1 is 1.19 bits per heavy atom. The van der Waals surface area contributed by atoms with Crippen molar-refractivity contribution in [2.45, 2.75) is 33.2 Å². The normalized spacial score (nSPS) is 16.4. The SMILES string of the molecule is Cc1nn(Cc2ccccc2)c(C)c1NC(=O)C1CCN(S(C)(=O)=O)CC1. The molecule has 8 heteroatoms. The zero-order chi connectivity index (χ0) is 19.6. The van der Waals surface area contributed by atoms with E-state index in [1.165, 1.54) is 10.6 Å². The fourth-order valence-electron chi connectivity index (χ4n) is 3.46. The minimum Gasteiger partial charge on any atom is -0.323 e. The summed E-state index contributed by atoms with van der Waals surface area (Å²) in [4.78, 5) is 12.7. The van der Waals surface area contributed by atoms with Gasteiger partial charge in [0, 0.05) is 19.0 Å². The van der Waals surface area contributed by atoms with Crippen molar-refractivity contribution in [2.24, 2.45) is 5.92 Å². The largest absolute Gasteiger partial charge is 0.323 e. The number of hydrogen-bond acceptors (Lipinski definition) is 4. The Morgan fingerprint density at radius 3 is 2.41 bits per heavy atom. The average Bonchev–Trinajstić information content (AvgIpc) is 2.89. The third kappa shape index (κ3) is 4.56. The van der Waals surface area contributed by atoms with Gasteiger partial charge in [-0.05, 0) is 32.3 Å². The van der Waals surface area contributed by atoms with Gasteiger partial charge in [-0.15, -0.1) is 0 Å². The van der Waals surface area contributed by atoms with E-state index in [1.807, 2.05) is 48.9 Å². The van der Waals surface area contributed by atoms with Crippen LogP contribution in [0.2, 0.25) is 0 Å². The predicted octanol–water partition coefficient (Wildman–Crippen LogP) is 2.16. The van der Waals surface area contributed by atoms with Gasteiger partial charge < -0.3 is 5.32 Å². The van der Waals surface area contributed by atoms with Crippen LogP contribution in [-0.2, 0) is 21.4 Å². The first-order valence-electron chi connectivity index (χ1n) is 9.09. The van der Waals surface area contributed by atoms with Crippen molar-refractivity contribution in [2.75, 3.05) is 24.7 Å². The molecule has 2 heterocycles. The molecule has 27 heavy (non-hydrogen) atoms. The van der Waals surface area contributed by atoms with Crippen LogP contribution < -0.4 is 5.32 Å². The van der Waals surface area contributed by atoms with Crippen LogP contribution >= 0.6 is 0 Å². The first-order valence-corrected chi connectivity index (χ1v) is 10.9. The second-order valence-corrected chi connectivity index (χ2v) is 9.10. The van der Waals surface area contributed by atoms with Gasteiger partial charge in [0.05, 0.1) is 29.9 Å². The summed E-state index contributed by atoms with van der Waals surface area (Å²) in [7, 11) is -3.19. The minimum atomic E-state index is -3.19. The number of amides is 1. The number of aryl methyl sites for hydroxylation is 1. The van der Waals surface area contributed by atoms with E-state index in [9.17, 15) is 13.2 Å². The summed E-state index contributed by atoms with van der Waals surface area (Å²) in [5.74, 6) is -0.243. The monoisotopic (exact) mass is 390 g/mol. The number of rotatable bonds is 5. The Kier molecular flexibility index (Phi) is 5.67. The molecule has 0 saturated carbocycles. The van der Waals surface area contributed by atoms with Crippen molar-refractivity contribution in [3.63, 3.8) is 0 Å². The smallest absolute Gasteiger partial charge is 0.227 e. The number of nitrogens with one attached hydrogen (secondary N) is 1. The van der Waals surface area contributed by atoms with Crippen LogP contribution in [0.1, 0.15) is 29.8 Å². The van der Waals surface area contributed by atoms with Crippen molar-refractivity contribution in [1.82, 2.24) is 14.1 Å². The lowest BCUT2D eigenvalue weighted by atomic mass is 9.97. The molecule has 2 aromatic rings. The lowest BCUT2D eigenvalue weighted by molar-refractivity contribution is -0.120. The molecule has 146 valence electrons. The fraction of sp³-hybridized carbons (Fsp3) is 0.474. The van der Waals surface area contributed by atoms with E-state index < -0.39 is 10.0 Å². The van der Waals surface area contributed by atoms with Crippen LogP contribution in [0, 0.1) is 19.8 Å². The van der Waals surface area contributed by atoms with Crippen molar-refractivity contribution >= 4 is 21.6 Å². The topological polar surface area (TPSA) is 84.3 Å². The van der Waals surface area contributed by atoms with Crippen molar-refractivity contribution in [1.29, 1.82) is 0 Å². The van der Waals surface area contributed by atoms with Gasteiger partial charge in [0.25, 0.3) is 0 Å². The average molecular weight is 391 g/mol. The standard InChI is InChI=1S/C19H26N4O3S/c1-14-18(15(2)23(21-14)13-16-7-5-4-6-8-16)20-19(24)17-9-11-22(12-10-17)27(3,25)26/h4-8,17H,9-13H2,1-3H3,(H,20,24). The van der Waals surface area contributed by atoms with Gasteiger partial charge in [0.15, 0.2) is 0 Å². The highest BCUT2D eigenvalue weighted by atomic mass is 32.2. The Bertz CT molecular complexity index is 914. The maximum absolute atomic E-state index is 12.7. The van der Waals surface area contributed by atoms with Gasteiger partial charge in [-0.3, -0.25) is 9.48 Å².